The summed E-state index contributed by atoms with van der Waals surface area (Å²) in [4.78, 5) is 0. The predicted molar refractivity (Wildman–Crippen MR) is 145 cm³/mol. The van der Waals surface area contributed by atoms with Crippen LogP contribution in [0.25, 0.3) is 0 Å². The van der Waals surface area contributed by atoms with E-state index in [0.717, 1.165) is 64.2 Å². The molecule has 0 N–H and O–H groups in total. The van der Waals surface area contributed by atoms with Crippen LogP contribution in [-0.4, -0.2) is 0 Å². The van der Waals surface area contributed by atoms with Gasteiger partial charge in [-0.1, -0.05) is 77.1 Å². The molecule has 4 unspecified atom stereocenters. The second-order valence-corrected chi connectivity index (χ2v) is 8.44. The van der Waals surface area contributed by atoms with Gasteiger partial charge in [0.2, 0.25) is 0 Å². The molecule has 176 valence electrons. The van der Waals surface area contributed by atoms with Gasteiger partial charge < -0.3 is 0 Å². The molecule has 0 spiro atoms. The van der Waals surface area contributed by atoms with E-state index in [2.05, 4.69) is 99.7 Å². The maximum Gasteiger partial charge on any atom is 0.111 e. The lowest BCUT2D eigenvalue weighted by molar-refractivity contribution is 0.253. The summed E-state index contributed by atoms with van der Waals surface area (Å²) < 4.78 is 0. The van der Waals surface area contributed by atoms with Crippen molar-refractivity contribution in [2.75, 3.05) is 0 Å². The lowest BCUT2D eigenvalue weighted by atomic mass is 9.63. The van der Waals surface area contributed by atoms with Crippen molar-refractivity contribution in [3.63, 3.8) is 0 Å². The standard InChI is InChI=1S/C33H44/c1-8-14-19-22-27-32(26-18-12-5)33(28-23-17-11-4,29-24-20-15-9-2)30(7)31(13-6)25-21-16-10-3/h6,30-32H,8-11,14-17,19-20,26H2,1-5,7H3. The molecule has 0 amide bonds. The van der Waals surface area contributed by atoms with Gasteiger partial charge in [-0.25, -0.2) is 0 Å². The molecule has 0 rings (SSSR count). The summed E-state index contributed by atoms with van der Waals surface area (Å²) in [6.45, 7) is 12.7. The van der Waals surface area contributed by atoms with Gasteiger partial charge in [0, 0.05) is 38.0 Å². The molecule has 0 aliphatic heterocycles. The number of terminal acetylenes is 1. The van der Waals surface area contributed by atoms with Crippen LogP contribution >= 0.6 is 0 Å². The van der Waals surface area contributed by atoms with Crippen molar-refractivity contribution in [3.8, 4) is 71.5 Å². The summed E-state index contributed by atoms with van der Waals surface area (Å²) in [6.07, 6.45) is 16.6. The highest BCUT2D eigenvalue weighted by Gasteiger charge is 2.43. The Morgan fingerprint density at radius 1 is 0.697 bits per heavy atom. The fourth-order valence-electron chi connectivity index (χ4n) is 3.43. The van der Waals surface area contributed by atoms with Crippen molar-refractivity contribution in [2.45, 2.75) is 112 Å². The molecule has 0 nitrogen and oxygen atoms in total. The van der Waals surface area contributed by atoms with E-state index in [1.165, 1.54) is 0 Å². The summed E-state index contributed by atoms with van der Waals surface area (Å²) in [5.41, 5.74) is -0.649. The average molecular weight is 441 g/mol. The molecular formula is C33H44. The maximum absolute atomic E-state index is 6.01. The van der Waals surface area contributed by atoms with Crippen LogP contribution < -0.4 is 0 Å². The Bertz CT molecular complexity index is 884. The number of hydrogen-bond acceptors (Lipinski definition) is 0. The summed E-state index contributed by atoms with van der Waals surface area (Å²) in [5, 5.41) is 0. The van der Waals surface area contributed by atoms with Crippen molar-refractivity contribution < 1.29 is 0 Å². The van der Waals surface area contributed by atoms with Crippen LogP contribution in [0.1, 0.15) is 112 Å². The molecule has 0 saturated heterocycles. The summed E-state index contributed by atoms with van der Waals surface area (Å²) in [6, 6.07) is 0. The van der Waals surface area contributed by atoms with E-state index >= 15 is 0 Å². The van der Waals surface area contributed by atoms with Crippen LogP contribution in [0, 0.1) is 94.7 Å². The fourth-order valence-corrected chi connectivity index (χ4v) is 3.43. The monoisotopic (exact) mass is 440 g/mol. The van der Waals surface area contributed by atoms with Gasteiger partial charge >= 0.3 is 0 Å². The number of unbranched alkanes of at least 4 members (excludes halogenated alkanes) is 6. The smallest absolute Gasteiger partial charge is 0.111 e. The van der Waals surface area contributed by atoms with Gasteiger partial charge in [0.1, 0.15) is 5.41 Å². The van der Waals surface area contributed by atoms with E-state index in [9.17, 15) is 0 Å². The first-order valence-corrected chi connectivity index (χ1v) is 12.9. The van der Waals surface area contributed by atoms with Gasteiger partial charge in [0.15, 0.2) is 0 Å². The maximum atomic E-state index is 6.01. The lowest BCUT2D eigenvalue weighted by Crippen LogP contribution is -2.37. The Kier molecular flexibility index (Phi) is 18.4. The zero-order valence-corrected chi connectivity index (χ0v) is 22.1. The van der Waals surface area contributed by atoms with Gasteiger partial charge in [-0.15, -0.1) is 41.9 Å². The molecule has 0 radical (unpaired) electrons. The predicted octanol–water partition coefficient (Wildman–Crippen LogP) is 7.88. The van der Waals surface area contributed by atoms with Crippen molar-refractivity contribution >= 4 is 0 Å². The van der Waals surface area contributed by atoms with Crippen molar-refractivity contribution in [1.29, 1.82) is 0 Å². The van der Waals surface area contributed by atoms with E-state index in [1.54, 1.807) is 0 Å². The van der Waals surface area contributed by atoms with Crippen LogP contribution in [0.2, 0.25) is 0 Å². The third-order valence-corrected chi connectivity index (χ3v) is 5.62. The first-order valence-electron chi connectivity index (χ1n) is 12.9. The molecule has 0 heterocycles. The Morgan fingerprint density at radius 2 is 1.24 bits per heavy atom. The molecule has 0 aromatic carbocycles. The number of rotatable bonds is 10. The Hall–Kier alpha value is -2.64. The Morgan fingerprint density at radius 3 is 1.79 bits per heavy atom. The minimum absolute atomic E-state index is 0.0329. The average Bonchev–Trinajstić information content (AvgIpc) is 2.83. The largest absolute Gasteiger partial charge is 0.119 e. The minimum Gasteiger partial charge on any atom is -0.119 e. The van der Waals surface area contributed by atoms with Crippen molar-refractivity contribution in [3.05, 3.63) is 0 Å². The molecule has 4 atom stereocenters. The molecule has 0 bridgehead atoms. The number of hydrogen-bond donors (Lipinski definition) is 0. The molecule has 0 saturated carbocycles. The van der Waals surface area contributed by atoms with E-state index in [4.69, 9.17) is 6.42 Å². The third kappa shape index (κ3) is 11.7. The second kappa shape index (κ2) is 20.0. The van der Waals surface area contributed by atoms with Gasteiger partial charge in [-0.3, -0.25) is 0 Å². The first kappa shape index (κ1) is 30.4. The van der Waals surface area contributed by atoms with Crippen molar-refractivity contribution in [1.82, 2.24) is 0 Å². The molecule has 0 aliphatic carbocycles. The summed E-state index contributed by atoms with van der Waals surface area (Å²) >= 11 is 0. The second-order valence-electron chi connectivity index (χ2n) is 8.44. The first-order chi connectivity index (χ1) is 16.1. The molecule has 0 aliphatic rings. The van der Waals surface area contributed by atoms with Crippen LogP contribution in [-0.2, 0) is 0 Å². The normalized spacial score (nSPS) is 13.7. The van der Waals surface area contributed by atoms with E-state index < -0.39 is 5.41 Å². The fraction of sp³-hybridized carbons (Fsp3) is 0.636. The quantitative estimate of drug-likeness (QED) is 0.239. The zero-order valence-electron chi connectivity index (χ0n) is 22.1. The molecule has 33 heavy (non-hydrogen) atoms. The summed E-state index contributed by atoms with van der Waals surface area (Å²) in [5.74, 6) is 36.6. The zero-order chi connectivity index (χ0) is 24.8. The highest BCUT2D eigenvalue weighted by atomic mass is 14.4. The van der Waals surface area contributed by atoms with Gasteiger partial charge in [0.05, 0.1) is 11.8 Å². The Balaban J connectivity index is 6.80. The highest BCUT2D eigenvalue weighted by Crippen LogP contribution is 2.41. The molecule has 0 aromatic heterocycles. The van der Waals surface area contributed by atoms with Crippen LogP contribution in [0.3, 0.4) is 0 Å². The van der Waals surface area contributed by atoms with Crippen molar-refractivity contribution in [2.24, 2.45) is 23.2 Å². The topological polar surface area (TPSA) is 0 Å². The van der Waals surface area contributed by atoms with E-state index in [0.29, 0.717) is 6.42 Å². The van der Waals surface area contributed by atoms with Gasteiger partial charge in [-0.2, -0.15) is 0 Å². The SMILES string of the molecule is C#CC(C#CCCC)C(C)C(C#CCCC)(C#CCCCC)C(C#CCCCC)CC#CC. The van der Waals surface area contributed by atoms with Gasteiger partial charge in [-0.05, 0) is 32.6 Å². The minimum atomic E-state index is -0.649. The lowest BCUT2D eigenvalue weighted by Gasteiger charge is -2.36. The van der Waals surface area contributed by atoms with E-state index in [-0.39, 0.29) is 17.8 Å². The van der Waals surface area contributed by atoms with Crippen LogP contribution in [0.4, 0.5) is 0 Å². The highest BCUT2D eigenvalue weighted by molar-refractivity contribution is 5.37. The Labute approximate surface area is 206 Å². The van der Waals surface area contributed by atoms with Crippen LogP contribution in [0.15, 0.2) is 0 Å². The molecular weight excluding hydrogens is 396 g/mol. The molecule has 0 aromatic rings. The van der Waals surface area contributed by atoms with E-state index in [1.807, 2.05) is 6.92 Å². The van der Waals surface area contributed by atoms with Crippen LogP contribution in [0.5, 0.6) is 0 Å². The molecule has 0 fully saturated rings. The van der Waals surface area contributed by atoms with Gasteiger partial charge in [0.25, 0.3) is 0 Å². The summed E-state index contributed by atoms with van der Waals surface area (Å²) in [7, 11) is 0. The molecule has 0 heteroatoms. The third-order valence-electron chi connectivity index (χ3n) is 5.62.